The van der Waals surface area contributed by atoms with Crippen molar-refractivity contribution in [2.45, 2.75) is 26.2 Å². The van der Waals surface area contributed by atoms with Gasteiger partial charge in [0.05, 0.1) is 17.6 Å². The first-order valence-corrected chi connectivity index (χ1v) is 7.78. The number of benzene rings is 2. The third-order valence-electron chi connectivity index (χ3n) is 3.59. The standard InChI is InChI=1S/C18H18ClNO/c1-2-3-6-11-21-18-14-7-4-5-8-16(14)20-17-12-13(19)9-10-15(17)18/h4-5,7-10,12H,2-3,6,11H2,1H3. The first-order valence-electron chi connectivity index (χ1n) is 7.40. The molecule has 108 valence electrons. The van der Waals surface area contributed by atoms with Crippen LogP contribution in [0, 0.1) is 0 Å². The van der Waals surface area contributed by atoms with Crippen molar-refractivity contribution in [2.24, 2.45) is 0 Å². The van der Waals surface area contributed by atoms with E-state index in [-0.39, 0.29) is 0 Å². The van der Waals surface area contributed by atoms with E-state index in [4.69, 9.17) is 16.3 Å². The lowest BCUT2D eigenvalue weighted by molar-refractivity contribution is 0.313. The summed E-state index contributed by atoms with van der Waals surface area (Å²) in [6.07, 6.45) is 3.45. The Balaban J connectivity index is 2.11. The lowest BCUT2D eigenvalue weighted by Gasteiger charge is -2.12. The molecule has 0 saturated carbocycles. The highest BCUT2D eigenvalue weighted by Gasteiger charge is 2.10. The van der Waals surface area contributed by atoms with Crippen molar-refractivity contribution in [3.63, 3.8) is 0 Å². The second-order valence-corrected chi connectivity index (χ2v) is 5.61. The van der Waals surface area contributed by atoms with Gasteiger partial charge in [-0.1, -0.05) is 43.5 Å². The molecule has 0 unspecified atom stereocenters. The van der Waals surface area contributed by atoms with Gasteiger partial charge in [0.1, 0.15) is 5.75 Å². The second-order valence-electron chi connectivity index (χ2n) is 5.18. The van der Waals surface area contributed by atoms with Crippen LogP contribution in [0.5, 0.6) is 5.75 Å². The van der Waals surface area contributed by atoms with Crippen LogP contribution in [0.4, 0.5) is 0 Å². The minimum Gasteiger partial charge on any atom is -0.492 e. The highest BCUT2D eigenvalue weighted by molar-refractivity contribution is 6.31. The maximum atomic E-state index is 6.09. The molecule has 1 aromatic heterocycles. The predicted octanol–water partition coefficient (Wildman–Crippen LogP) is 5.61. The molecule has 0 atom stereocenters. The van der Waals surface area contributed by atoms with Crippen molar-refractivity contribution in [3.8, 4) is 5.75 Å². The lowest BCUT2D eigenvalue weighted by atomic mass is 10.1. The number of aromatic nitrogens is 1. The zero-order chi connectivity index (χ0) is 14.7. The third-order valence-corrected chi connectivity index (χ3v) is 3.82. The van der Waals surface area contributed by atoms with Crippen molar-refractivity contribution in [1.29, 1.82) is 0 Å². The van der Waals surface area contributed by atoms with Crippen LogP contribution in [0.3, 0.4) is 0 Å². The fourth-order valence-corrected chi connectivity index (χ4v) is 2.68. The van der Waals surface area contributed by atoms with E-state index in [1.54, 1.807) is 0 Å². The Morgan fingerprint density at radius 3 is 2.67 bits per heavy atom. The Kier molecular flexibility index (Phi) is 4.26. The number of rotatable bonds is 5. The average Bonchev–Trinajstić information content (AvgIpc) is 2.50. The fraction of sp³-hybridized carbons (Fsp3) is 0.278. The number of halogens is 1. The van der Waals surface area contributed by atoms with Crippen molar-refractivity contribution >= 4 is 33.4 Å². The molecule has 0 bridgehead atoms. The van der Waals surface area contributed by atoms with Crippen LogP contribution in [-0.2, 0) is 0 Å². The van der Waals surface area contributed by atoms with Crippen LogP contribution < -0.4 is 4.74 Å². The smallest absolute Gasteiger partial charge is 0.138 e. The van der Waals surface area contributed by atoms with Gasteiger partial charge in [0, 0.05) is 15.8 Å². The molecule has 2 nitrogen and oxygen atoms in total. The minimum atomic E-state index is 0.696. The quantitative estimate of drug-likeness (QED) is 0.451. The van der Waals surface area contributed by atoms with Crippen molar-refractivity contribution < 1.29 is 4.74 Å². The summed E-state index contributed by atoms with van der Waals surface area (Å²) < 4.78 is 6.09. The van der Waals surface area contributed by atoms with Crippen LogP contribution in [0.25, 0.3) is 21.8 Å². The average molecular weight is 300 g/mol. The van der Waals surface area contributed by atoms with Crippen LogP contribution in [0.2, 0.25) is 5.02 Å². The molecule has 3 aromatic rings. The van der Waals surface area contributed by atoms with Gasteiger partial charge in [0.25, 0.3) is 0 Å². The molecule has 0 aliphatic heterocycles. The third kappa shape index (κ3) is 2.96. The number of para-hydroxylation sites is 1. The molecule has 1 heterocycles. The van der Waals surface area contributed by atoms with Crippen LogP contribution in [0.15, 0.2) is 42.5 Å². The summed E-state index contributed by atoms with van der Waals surface area (Å²) >= 11 is 6.09. The fourth-order valence-electron chi connectivity index (χ4n) is 2.51. The van der Waals surface area contributed by atoms with Crippen LogP contribution >= 0.6 is 11.6 Å². The summed E-state index contributed by atoms with van der Waals surface area (Å²) in [5, 5.41) is 2.78. The summed E-state index contributed by atoms with van der Waals surface area (Å²) in [6, 6.07) is 13.9. The highest BCUT2D eigenvalue weighted by atomic mass is 35.5. The topological polar surface area (TPSA) is 22.1 Å². The molecule has 0 amide bonds. The minimum absolute atomic E-state index is 0.696. The molecular formula is C18H18ClNO. The maximum Gasteiger partial charge on any atom is 0.138 e. The molecular weight excluding hydrogens is 282 g/mol. The first-order chi connectivity index (χ1) is 10.3. The van der Waals surface area contributed by atoms with E-state index in [0.717, 1.165) is 40.6 Å². The van der Waals surface area contributed by atoms with Crippen molar-refractivity contribution in [1.82, 2.24) is 4.98 Å². The van der Waals surface area contributed by atoms with Gasteiger partial charge in [-0.2, -0.15) is 0 Å². The van der Waals surface area contributed by atoms with E-state index >= 15 is 0 Å². The largest absolute Gasteiger partial charge is 0.492 e. The van der Waals surface area contributed by atoms with Crippen LogP contribution in [0.1, 0.15) is 26.2 Å². The van der Waals surface area contributed by atoms with Crippen LogP contribution in [-0.4, -0.2) is 11.6 Å². The summed E-state index contributed by atoms with van der Waals surface area (Å²) in [5.74, 6) is 0.920. The second kappa shape index (κ2) is 6.31. The number of hydrogen-bond acceptors (Lipinski definition) is 2. The molecule has 3 rings (SSSR count). The normalized spacial score (nSPS) is 11.1. The predicted molar refractivity (Wildman–Crippen MR) is 89.3 cm³/mol. The molecule has 0 spiro atoms. The molecule has 21 heavy (non-hydrogen) atoms. The van der Waals surface area contributed by atoms with Gasteiger partial charge in [-0.25, -0.2) is 4.98 Å². The first kappa shape index (κ1) is 14.2. The molecule has 0 aliphatic carbocycles. The van der Waals surface area contributed by atoms with Gasteiger partial charge in [0.15, 0.2) is 0 Å². The van der Waals surface area contributed by atoms with Gasteiger partial charge in [-0.05, 0) is 36.8 Å². The Bertz CT molecular complexity index is 770. The van der Waals surface area contributed by atoms with E-state index in [9.17, 15) is 0 Å². The van der Waals surface area contributed by atoms with E-state index in [1.807, 2.05) is 36.4 Å². The number of hydrogen-bond donors (Lipinski definition) is 0. The van der Waals surface area contributed by atoms with E-state index in [0.29, 0.717) is 5.02 Å². The van der Waals surface area contributed by atoms with Crippen molar-refractivity contribution in [2.75, 3.05) is 6.61 Å². The summed E-state index contributed by atoms with van der Waals surface area (Å²) in [6.45, 7) is 2.93. The van der Waals surface area contributed by atoms with Crippen molar-refractivity contribution in [3.05, 3.63) is 47.5 Å². The Labute approximate surface area is 129 Å². The summed E-state index contributed by atoms with van der Waals surface area (Å²) in [7, 11) is 0. The van der Waals surface area contributed by atoms with E-state index < -0.39 is 0 Å². The Hall–Kier alpha value is -1.80. The number of nitrogens with zero attached hydrogens (tertiary/aromatic N) is 1. The number of fused-ring (bicyclic) bond motifs is 2. The van der Waals surface area contributed by atoms with Gasteiger partial charge in [-0.15, -0.1) is 0 Å². The molecule has 0 saturated heterocycles. The van der Waals surface area contributed by atoms with E-state index in [1.165, 1.54) is 12.8 Å². The van der Waals surface area contributed by atoms with Gasteiger partial charge < -0.3 is 4.74 Å². The zero-order valence-corrected chi connectivity index (χ0v) is 12.9. The SMILES string of the molecule is CCCCCOc1c2ccccc2nc2cc(Cl)ccc12. The van der Waals surface area contributed by atoms with Gasteiger partial charge >= 0.3 is 0 Å². The molecule has 0 aliphatic rings. The summed E-state index contributed by atoms with van der Waals surface area (Å²) in [5.41, 5.74) is 1.82. The monoisotopic (exact) mass is 299 g/mol. The molecule has 0 radical (unpaired) electrons. The number of pyridine rings is 1. The van der Waals surface area contributed by atoms with E-state index in [2.05, 4.69) is 18.0 Å². The Morgan fingerprint density at radius 1 is 1.00 bits per heavy atom. The Morgan fingerprint density at radius 2 is 1.81 bits per heavy atom. The molecule has 3 heteroatoms. The summed E-state index contributed by atoms with van der Waals surface area (Å²) in [4.78, 5) is 4.68. The molecule has 0 fully saturated rings. The molecule has 2 aromatic carbocycles. The van der Waals surface area contributed by atoms with Gasteiger partial charge in [-0.3, -0.25) is 0 Å². The lowest BCUT2D eigenvalue weighted by Crippen LogP contribution is -1.99. The number of unbranched alkanes of at least 4 members (excludes halogenated alkanes) is 2. The maximum absolute atomic E-state index is 6.09. The number of ether oxygens (including phenoxy) is 1. The highest BCUT2D eigenvalue weighted by Crippen LogP contribution is 2.34. The van der Waals surface area contributed by atoms with Gasteiger partial charge in [0.2, 0.25) is 0 Å². The zero-order valence-electron chi connectivity index (χ0n) is 12.1. The molecule has 0 N–H and O–H groups in total.